The summed E-state index contributed by atoms with van der Waals surface area (Å²) in [6, 6.07) is 15.3. The molecule has 0 fully saturated rings. The van der Waals surface area contributed by atoms with Gasteiger partial charge >= 0.3 is 0 Å². The summed E-state index contributed by atoms with van der Waals surface area (Å²) in [6.45, 7) is 0. The lowest BCUT2D eigenvalue weighted by Gasteiger charge is -1.93. The summed E-state index contributed by atoms with van der Waals surface area (Å²) in [6.07, 6.45) is 1.36. The maximum atomic E-state index is 5.88. The monoisotopic (exact) mass is 324 g/mol. The van der Waals surface area contributed by atoms with Crippen molar-refractivity contribution < 1.29 is 4.52 Å². The Labute approximate surface area is 137 Å². The normalized spacial score (nSPS) is 11.2. The van der Waals surface area contributed by atoms with Gasteiger partial charge < -0.3 is 9.51 Å². The van der Waals surface area contributed by atoms with Crippen LogP contribution in [0.15, 0.2) is 53.1 Å². The number of aromatic amines is 1. The number of halogens is 1. The second kappa shape index (κ2) is 5.85. The molecule has 2 aromatic heterocycles. The van der Waals surface area contributed by atoms with Gasteiger partial charge in [0.05, 0.1) is 11.0 Å². The van der Waals surface area contributed by atoms with Gasteiger partial charge in [-0.05, 0) is 36.4 Å². The molecule has 0 radical (unpaired) electrons. The molecule has 0 atom stereocenters. The van der Waals surface area contributed by atoms with E-state index in [4.69, 9.17) is 16.1 Å². The first-order chi connectivity index (χ1) is 11.3. The van der Waals surface area contributed by atoms with Crippen molar-refractivity contribution in [3.63, 3.8) is 0 Å². The van der Waals surface area contributed by atoms with E-state index in [1.807, 2.05) is 36.4 Å². The average molecular weight is 325 g/mol. The second-order valence-electron chi connectivity index (χ2n) is 5.22. The summed E-state index contributed by atoms with van der Waals surface area (Å²) in [7, 11) is 0. The van der Waals surface area contributed by atoms with Crippen LogP contribution in [0.25, 0.3) is 22.4 Å². The van der Waals surface area contributed by atoms with Crippen LogP contribution in [0.1, 0.15) is 11.7 Å². The number of aryl methyl sites for hydroxylation is 2. The summed E-state index contributed by atoms with van der Waals surface area (Å²) in [5, 5.41) is 4.69. The number of para-hydroxylation sites is 2. The smallest absolute Gasteiger partial charge is 0.227 e. The number of nitrogens with zero attached hydrogens (tertiary/aromatic N) is 3. The van der Waals surface area contributed by atoms with Crippen molar-refractivity contribution in [3.8, 4) is 11.4 Å². The van der Waals surface area contributed by atoms with Gasteiger partial charge in [-0.3, -0.25) is 0 Å². The van der Waals surface area contributed by atoms with Crippen molar-refractivity contribution in [2.24, 2.45) is 0 Å². The third-order valence-electron chi connectivity index (χ3n) is 3.58. The molecular formula is C17H13ClN4O. The van der Waals surface area contributed by atoms with Crippen molar-refractivity contribution in [1.29, 1.82) is 0 Å². The third kappa shape index (κ3) is 2.96. The third-order valence-corrected chi connectivity index (χ3v) is 3.84. The largest absolute Gasteiger partial charge is 0.342 e. The predicted molar refractivity (Wildman–Crippen MR) is 88.2 cm³/mol. The second-order valence-corrected chi connectivity index (χ2v) is 5.66. The van der Waals surface area contributed by atoms with Crippen LogP contribution in [-0.2, 0) is 12.8 Å². The van der Waals surface area contributed by atoms with Crippen molar-refractivity contribution in [2.75, 3.05) is 0 Å². The molecule has 23 heavy (non-hydrogen) atoms. The fourth-order valence-corrected chi connectivity index (χ4v) is 2.55. The highest BCUT2D eigenvalue weighted by Crippen LogP contribution is 2.19. The molecule has 4 rings (SSSR count). The fraction of sp³-hybridized carbons (Fsp3) is 0.118. The topological polar surface area (TPSA) is 67.6 Å². The van der Waals surface area contributed by atoms with Crippen LogP contribution >= 0.6 is 11.6 Å². The van der Waals surface area contributed by atoms with Gasteiger partial charge in [0, 0.05) is 23.4 Å². The maximum Gasteiger partial charge on any atom is 0.227 e. The van der Waals surface area contributed by atoms with Crippen LogP contribution in [0.4, 0.5) is 0 Å². The van der Waals surface area contributed by atoms with Gasteiger partial charge in [0.1, 0.15) is 5.82 Å². The molecule has 0 bridgehead atoms. The number of rotatable bonds is 4. The zero-order valence-corrected chi connectivity index (χ0v) is 12.9. The molecule has 2 aromatic carbocycles. The molecule has 0 saturated heterocycles. The van der Waals surface area contributed by atoms with E-state index >= 15 is 0 Å². The van der Waals surface area contributed by atoms with Crippen LogP contribution in [0.2, 0.25) is 5.02 Å². The number of aromatic nitrogens is 4. The first-order valence-electron chi connectivity index (χ1n) is 7.30. The van der Waals surface area contributed by atoms with Crippen LogP contribution in [0, 0.1) is 0 Å². The van der Waals surface area contributed by atoms with Gasteiger partial charge in [0.25, 0.3) is 0 Å². The number of hydrogen-bond acceptors (Lipinski definition) is 4. The number of fused-ring (bicyclic) bond motifs is 1. The van der Waals surface area contributed by atoms with Gasteiger partial charge in [-0.15, -0.1) is 0 Å². The Hall–Kier alpha value is -2.66. The molecular weight excluding hydrogens is 312 g/mol. The lowest BCUT2D eigenvalue weighted by Crippen LogP contribution is -1.93. The molecule has 114 valence electrons. The van der Waals surface area contributed by atoms with Gasteiger partial charge in [-0.25, -0.2) is 4.98 Å². The minimum absolute atomic E-state index is 0.571. The van der Waals surface area contributed by atoms with E-state index in [9.17, 15) is 0 Å². The first kappa shape index (κ1) is 14.0. The molecule has 4 aromatic rings. The summed E-state index contributed by atoms with van der Waals surface area (Å²) < 4.78 is 5.31. The molecule has 0 unspecified atom stereocenters. The zero-order chi connectivity index (χ0) is 15.6. The predicted octanol–water partition coefficient (Wildman–Crippen LogP) is 4.05. The van der Waals surface area contributed by atoms with Gasteiger partial charge in [0.15, 0.2) is 0 Å². The molecule has 1 N–H and O–H groups in total. The molecule has 6 heteroatoms. The maximum absolute atomic E-state index is 5.88. The standard InChI is InChI=1S/C17H13ClN4O/c18-12-7-5-11(6-8-12)17-21-16(23-22-17)10-9-15-19-13-3-1-2-4-14(13)20-15/h1-8H,9-10H2,(H,19,20). The number of benzene rings is 2. The summed E-state index contributed by atoms with van der Waals surface area (Å²) in [5.41, 5.74) is 2.89. The Morgan fingerprint density at radius 1 is 0.957 bits per heavy atom. The van der Waals surface area contributed by atoms with Crippen molar-refractivity contribution in [1.82, 2.24) is 20.1 Å². The molecule has 0 aliphatic rings. The number of nitrogens with one attached hydrogen (secondary N) is 1. The number of H-pyrrole nitrogens is 1. The van der Waals surface area contributed by atoms with E-state index in [1.54, 1.807) is 12.1 Å². The van der Waals surface area contributed by atoms with E-state index in [0.29, 0.717) is 23.2 Å². The minimum Gasteiger partial charge on any atom is -0.342 e. The lowest BCUT2D eigenvalue weighted by atomic mass is 10.2. The first-order valence-corrected chi connectivity index (χ1v) is 7.68. The molecule has 0 amide bonds. The SMILES string of the molecule is Clc1ccc(-c2noc(CCc3nc4ccccc4[nH]3)n2)cc1. The quantitative estimate of drug-likeness (QED) is 0.615. The minimum atomic E-state index is 0.571. The van der Waals surface area contributed by atoms with Crippen molar-refractivity contribution in [2.45, 2.75) is 12.8 Å². The molecule has 2 heterocycles. The summed E-state index contributed by atoms with van der Waals surface area (Å²) >= 11 is 5.88. The Balaban J connectivity index is 1.48. The molecule has 0 aliphatic heterocycles. The Kier molecular flexibility index (Phi) is 3.55. The van der Waals surface area contributed by atoms with E-state index in [-0.39, 0.29) is 0 Å². The van der Waals surface area contributed by atoms with E-state index < -0.39 is 0 Å². The van der Waals surface area contributed by atoms with Crippen LogP contribution < -0.4 is 0 Å². The Morgan fingerprint density at radius 2 is 1.78 bits per heavy atom. The number of imidazole rings is 1. The highest BCUT2D eigenvalue weighted by molar-refractivity contribution is 6.30. The molecule has 0 saturated carbocycles. The van der Waals surface area contributed by atoms with Crippen LogP contribution in [-0.4, -0.2) is 20.1 Å². The van der Waals surface area contributed by atoms with E-state index in [1.165, 1.54) is 0 Å². The Bertz CT molecular complexity index is 910. The van der Waals surface area contributed by atoms with Crippen molar-refractivity contribution >= 4 is 22.6 Å². The highest BCUT2D eigenvalue weighted by Gasteiger charge is 2.10. The van der Waals surface area contributed by atoms with Crippen LogP contribution in [0.5, 0.6) is 0 Å². The average Bonchev–Trinajstić information content (AvgIpc) is 3.20. The van der Waals surface area contributed by atoms with Crippen molar-refractivity contribution in [3.05, 3.63) is 65.3 Å². The lowest BCUT2D eigenvalue weighted by molar-refractivity contribution is 0.378. The fourth-order valence-electron chi connectivity index (χ4n) is 2.42. The highest BCUT2D eigenvalue weighted by atomic mass is 35.5. The van der Waals surface area contributed by atoms with Gasteiger partial charge in [-0.1, -0.05) is 28.9 Å². The zero-order valence-electron chi connectivity index (χ0n) is 12.2. The molecule has 5 nitrogen and oxygen atoms in total. The molecule has 0 aliphatic carbocycles. The Morgan fingerprint density at radius 3 is 2.61 bits per heavy atom. The molecule has 0 spiro atoms. The van der Waals surface area contributed by atoms with Gasteiger partial charge in [-0.2, -0.15) is 4.98 Å². The van der Waals surface area contributed by atoms with Crippen LogP contribution in [0.3, 0.4) is 0 Å². The number of hydrogen-bond donors (Lipinski definition) is 1. The summed E-state index contributed by atoms with van der Waals surface area (Å²) in [5.74, 6) is 2.08. The van der Waals surface area contributed by atoms with E-state index in [2.05, 4.69) is 20.1 Å². The van der Waals surface area contributed by atoms with Gasteiger partial charge in [0.2, 0.25) is 11.7 Å². The summed E-state index contributed by atoms with van der Waals surface area (Å²) in [4.78, 5) is 12.3. The van der Waals surface area contributed by atoms with E-state index in [0.717, 1.165) is 28.8 Å².